The lowest BCUT2D eigenvalue weighted by Crippen LogP contribution is -2.27. The van der Waals surface area contributed by atoms with E-state index in [-0.39, 0.29) is 12.2 Å². The predicted octanol–water partition coefficient (Wildman–Crippen LogP) is 6.14. The number of carbonyl (C=O) groups is 2. The SMILES string of the molecule is COc1cccc(COC(=O)c2c(-c3ccc(OC)c(OC)c3)csc2NC(=O)OC(C)(C)C)c1. The summed E-state index contributed by atoms with van der Waals surface area (Å²) < 4.78 is 27.0. The number of nitrogens with one attached hydrogen (secondary N) is 1. The van der Waals surface area contributed by atoms with Gasteiger partial charge in [0.15, 0.2) is 11.5 Å². The maximum absolute atomic E-state index is 13.3. The molecule has 0 fully saturated rings. The molecule has 0 aliphatic heterocycles. The predicted molar refractivity (Wildman–Crippen MR) is 135 cm³/mol. The summed E-state index contributed by atoms with van der Waals surface area (Å²) in [5, 5.41) is 4.78. The minimum absolute atomic E-state index is 0.0309. The van der Waals surface area contributed by atoms with Crippen LogP contribution in [-0.4, -0.2) is 39.0 Å². The quantitative estimate of drug-likeness (QED) is 0.372. The number of ether oxygens (including phenoxy) is 5. The third-order valence-electron chi connectivity index (χ3n) is 4.81. The summed E-state index contributed by atoms with van der Waals surface area (Å²) in [7, 11) is 4.65. The number of anilines is 1. The minimum atomic E-state index is -0.694. The Morgan fingerprint density at radius 3 is 2.34 bits per heavy atom. The third kappa shape index (κ3) is 6.66. The number of amides is 1. The van der Waals surface area contributed by atoms with E-state index in [0.717, 1.165) is 5.56 Å². The molecule has 0 atom stereocenters. The fourth-order valence-corrected chi connectivity index (χ4v) is 4.19. The molecule has 0 radical (unpaired) electrons. The molecule has 35 heavy (non-hydrogen) atoms. The Kier molecular flexibility index (Phi) is 8.24. The summed E-state index contributed by atoms with van der Waals surface area (Å²) in [5.74, 6) is 1.13. The Hall–Kier alpha value is -3.72. The lowest BCUT2D eigenvalue weighted by atomic mass is 10.0. The van der Waals surface area contributed by atoms with Crippen LogP contribution in [0.5, 0.6) is 17.2 Å². The molecule has 8 nitrogen and oxygen atoms in total. The number of esters is 1. The lowest BCUT2D eigenvalue weighted by Gasteiger charge is -2.19. The maximum atomic E-state index is 13.3. The molecule has 9 heteroatoms. The van der Waals surface area contributed by atoms with Gasteiger partial charge in [0.25, 0.3) is 0 Å². The van der Waals surface area contributed by atoms with Crippen molar-refractivity contribution in [2.24, 2.45) is 0 Å². The zero-order chi connectivity index (χ0) is 25.6. The van der Waals surface area contributed by atoms with Crippen LogP contribution in [0.25, 0.3) is 11.1 Å². The van der Waals surface area contributed by atoms with Crippen LogP contribution in [0.15, 0.2) is 47.8 Å². The van der Waals surface area contributed by atoms with E-state index < -0.39 is 17.7 Å². The van der Waals surface area contributed by atoms with Gasteiger partial charge >= 0.3 is 12.1 Å². The number of benzene rings is 2. The number of thiophene rings is 1. The van der Waals surface area contributed by atoms with E-state index in [4.69, 9.17) is 23.7 Å². The first-order chi connectivity index (χ1) is 16.6. The van der Waals surface area contributed by atoms with E-state index >= 15 is 0 Å². The van der Waals surface area contributed by atoms with Gasteiger partial charge in [-0.25, -0.2) is 9.59 Å². The molecule has 2 aromatic carbocycles. The molecule has 3 rings (SSSR count). The summed E-state index contributed by atoms with van der Waals surface area (Å²) in [6.45, 7) is 5.32. The van der Waals surface area contributed by atoms with Crippen molar-refractivity contribution in [1.29, 1.82) is 0 Å². The summed E-state index contributed by atoms with van der Waals surface area (Å²) in [4.78, 5) is 25.8. The van der Waals surface area contributed by atoms with Crippen LogP contribution in [0.2, 0.25) is 0 Å². The van der Waals surface area contributed by atoms with Crippen molar-refractivity contribution in [2.45, 2.75) is 33.0 Å². The molecule has 1 heterocycles. The number of hydrogen-bond donors (Lipinski definition) is 1. The number of carbonyl (C=O) groups excluding carboxylic acids is 2. The molecule has 1 aromatic heterocycles. The molecular weight excluding hydrogens is 470 g/mol. The molecule has 0 aliphatic rings. The fraction of sp³-hybridized carbons (Fsp3) is 0.308. The number of rotatable bonds is 8. The molecule has 1 amide bonds. The first-order valence-electron chi connectivity index (χ1n) is 10.8. The molecule has 1 N–H and O–H groups in total. The first kappa shape index (κ1) is 25.9. The van der Waals surface area contributed by atoms with Gasteiger partial charge in [-0.05, 0) is 56.2 Å². The Bertz CT molecular complexity index is 1200. The van der Waals surface area contributed by atoms with E-state index in [1.165, 1.54) is 18.4 Å². The zero-order valence-corrected chi connectivity index (χ0v) is 21.4. The van der Waals surface area contributed by atoms with Crippen LogP contribution in [-0.2, 0) is 16.1 Å². The van der Waals surface area contributed by atoms with Crippen molar-refractivity contribution < 1.29 is 33.3 Å². The van der Waals surface area contributed by atoms with Gasteiger partial charge in [-0.3, -0.25) is 5.32 Å². The molecule has 0 saturated carbocycles. The minimum Gasteiger partial charge on any atom is -0.497 e. The van der Waals surface area contributed by atoms with Crippen LogP contribution >= 0.6 is 11.3 Å². The molecule has 186 valence electrons. The summed E-state index contributed by atoms with van der Waals surface area (Å²) in [6, 6.07) is 12.6. The standard InChI is InChI=1S/C26H29NO7S/c1-26(2,3)34-25(29)27-23-22(24(28)33-14-16-8-7-9-18(12-16)30-4)19(15-35-23)17-10-11-20(31-5)21(13-17)32-6/h7-13,15H,14H2,1-6H3,(H,27,29). The molecule has 0 bridgehead atoms. The van der Waals surface area contributed by atoms with Crippen molar-refractivity contribution in [3.63, 3.8) is 0 Å². The largest absolute Gasteiger partial charge is 0.497 e. The van der Waals surface area contributed by atoms with Crippen LogP contribution in [0.1, 0.15) is 36.7 Å². The topological polar surface area (TPSA) is 92.3 Å². The Balaban J connectivity index is 1.95. The monoisotopic (exact) mass is 499 g/mol. The summed E-state index contributed by atoms with van der Waals surface area (Å²) >= 11 is 1.20. The second-order valence-corrected chi connectivity index (χ2v) is 9.36. The van der Waals surface area contributed by atoms with E-state index in [9.17, 15) is 9.59 Å². The van der Waals surface area contributed by atoms with Crippen molar-refractivity contribution in [3.8, 4) is 28.4 Å². The summed E-state index contributed by atoms with van der Waals surface area (Å²) in [5.41, 5.74) is 1.57. The van der Waals surface area contributed by atoms with Crippen molar-refractivity contribution >= 4 is 28.4 Å². The average Bonchev–Trinajstić information content (AvgIpc) is 3.24. The first-order valence-corrected chi connectivity index (χ1v) is 11.7. The lowest BCUT2D eigenvalue weighted by molar-refractivity contribution is 0.0475. The van der Waals surface area contributed by atoms with Gasteiger partial charge in [-0.1, -0.05) is 18.2 Å². The molecular formula is C26H29NO7S. The Morgan fingerprint density at radius 1 is 0.943 bits per heavy atom. The third-order valence-corrected chi connectivity index (χ3v) is 5.70. The van der Waals surface area contributed by atoms with Gasteiger partial charge < -0.3 is 23.7 Å². The second-order valence-electron chi connectivity index (χ2n) is 8.48. The van der Waals surface area contributed by atoms with Gasteiger partial charge in [0.2, 0.25) is 0 Å². The van der Waals surface area contributed by atoms with E-state index in [2.05, 4.69) is 5.32 Å². The highest BCUT2D eigenvalue weighted by Gasteiger charge is 2.25. The van der Waals surface area contributed by atoms with E-state index in [1.54, 1.807) is 64.6 Å². The van der Waals surface area contributed by atoms with Crippen molar-refractivity contribution in [2.75, 3.05) is 26.6 Å². The normalized spacial score (nSPS) is 10.9. The molecule has 0 aliphatic carbocycles. The van der Waals surface area contributed by atoms with Gasteiger partial charge in [-0.15, -0.1) is 11.3 Å². The van der Waals surface area contributed by atoms with Crippen LogP contribution in [0.4, 0.5) is 9.80 Å². The maximum Gasteiger partial charge on any atom is 0.412 e. The van der Waals surface area contributed by atoms with Crippen LogP contribution in [0, 0.1) is 0 Å². The van der Waals surface area contributed by atoms with Crippen molar-refractivity contribution in [1.82, 2.24) is 0 Å². The molecule has 3 aromatic rings. The Labute approximate surface area is 208 Å². The van der Waals surface area contributed by atoms with Crippen molar-refractivity contribution in [3.05, 3.63) is 59.0 Å². The number of hydrogen-bond acceptors (Lipinski definition) is 8. The van der Waals surface area contributed by atoms with Gasteiger partial charge in [-0.2, -0.15) is 0 Å². The highest BCUT2D eigenvalue weighted by Crippen LogP contribution is 2.40. The van der Waals surface area contributed by atoms with Crippen LogP contribution in [0.3, 0.4) is 0 Å². The fourth-order valence-electron chi connectivity index (χ4n) is 3.25. The number of methoxy groups -OCH3 is 3. The van der Waals surface area contributed by atoms with E-state index in [0.29, 0.717) is 33.4 Å². The molecule has 0 spiro atoms. The highest BCUT2D eigenvalue weighted by atomic mass is 32.1. The highest BCUT2D eigenvalue weighted by molar-refractivity contribution is 7.15. The van der Waals surface area contributed by atoms with Gasteiger partial charge in [0, 0.05) is 10.9 Å². The van der Waals surface area contributed by atoms with Crippen LogP contribution < -0.4 is 19.5 Å². The smallest absolute Gasteiger partial charge is 0.412 e. The average molecular weight is 500 g/mol. The zero-order valence-electron chi connectivity index (χ0n) is 20.6. The second kappa shape index (κ2) is 11.1. The molecule has 0 saturated heterocycles. The summed E-state index contributed by atoms with van der Waals surface area (Å²) in [6.07, 6.45) is -0.667. The van der Waals surface area contributed by atoms with Gasteiger partial charge in [0.1, 0.15) is 28.5 Å². The van der Waals surface area contributed by atoms with Gasteiger partial charge in [0.05, 0.1) is 21.3 Å². The Morgan fingerprint density at radius 2 is 1.69 bits per heavy atom. The molecule has 0 unspecified atom stereocenters. The van der Waals surface area contributed by atoms with E-state index in [1.807, 2.05) is 18.2 Å².